The van der Waals surface area contributed by atoms with Crippen molar-refractivity contribution in [3.05, 3.63) is 29.8 Å². The molecule has 0 amide bonds. The number of methoxy groups -OCH3 is 1. The van der Waals surface area contributed by atoms with Crippen LogP contribution >= 0.6 is 0 Å². The van der Waals surface area contributed by atoms with Crippen LogP contribution in [0.25, 0.3) is 0 Å². The van der Waals surface area contributed by atoms with Gasteiger partial charge in [0.25, 0.3) is 0 Å². The first-order valence-corrected chi connectivity index (χ1v) is 4.71. The summed E-state index contributed by atoms with van der Waals surface area (Å²) in [5.41, 5.74) is -1.39. The van der Waals surface area contributed by atoms with Gasteiger partial charge in [0.2, 0.25) is 0 Å². The number of benzene rings is 1. The lowest BCUT2D eigenvalue weighted by molar-refractivity contribution is -0.160. The molecule has 0 spiro atoms. The van der Waals surface area contributed by atoms with Gasteiger partial charge in [0.15, 0.2) is 0 Å². The van der Waals surface area contributed by atoms with E-state index in [1.165, 1.54) is 13.2 Å². The average Bonchev–Trinajstić information content (AvgIpc) is 2.97. The van der Waals surface area contributed by atoms with Crippen molar-refractivity contribution in [2.75, 3.05) is 7.11 Å². The second-order valence-electron chi connectivity index (χ2n) is 3.78. The van der Waals surface area contributed by atoms with E-state index in [0.717, 1.165) is 0 Å². The molecular weight excluding hydrogens is 205 g/mol. The van der Waals surface area contributed by atoms with Crippen LogP contribution in [0.15, 0.2) is 24.3 Å². The van der Waals surface area contributed by atoms with Gasteiger partial charge in [-0.15, -0.1) is 0 Å². The molecule has 1 saturated carbocycles. The van der Waals surface area contributed by atoms with E-state index in [9.17, 15) is 13.2 Å². The topological polar surface area (TPSA) is 9.23 Å². The van der Waals surface area contributed by atoms with Crippen molar-refractivity contribution in [3.8, 4) is 5.75 Å². The Morgan fingerprint density at radius 3 is 2.27 bits per heavy atom. The molecule has 0 heterocycles. The van der Waals surface area contributed by atoms with Crippen molar-refractivity contribution >= 4 is 0 Å². The van der Waals surface area contributed by atoms with Crippen molar-refractivity contribution in [3.63, 3.8) is 0 Å². The fourth-order valence-corrected chi connectivity index (χ4v) is 1.87. The molecule has 1 fully saturated rings. The smallest absolute Gasteiger partial charge is 0.398 e. The van der Waals surface area contributed by atoms with E-state index < -0.39 is 11.6 Å². The first-order chi connectivity index (χ1) is 7.01. The highest BCUT2D eigenvalue weighted by Gasteiger charge is 2.65. The van der Waals surface area contributed by atoms with Gasteiger partial charge in [-0.1, -0.05) is 18.2 Å². The maximum atomic E-state index is 12.8. The van der Waals surface area contributed by atoms with Crippen LogP contribution in [0.4, 0.5) is 13.2 Å². The molecule has 0 N–H and O–H groups in total. The Kier molecular flexibility index (Phi) is 2.17. The van der Waals surface area contributed by atoms with Crippen LogP contribution in [0.2, 0.25) is 0 Å². The van der Waals surface area contributed by atoms with Crippen LogP contribution < -0.4 is 4.74 Å². The lowest BCUT2D eigenvalue weighted by Gasteiger charge is -2.21. The van der Waals surface area contributed by atoms with Crippen molar-refractivity contribution in [2.24, 2.45) is 0 Å². The highest BCUT2D eigenvalue weighted by molar-refractivity contribution is 5.44. The number of hydrogen-bond donors (Lipinski definition) is 0. The number of rotatable bonds is 2. The van der Waals surface area contributed by atoms with E-state index in [1.807, 2.05) is 0 Å². The van der Waals surface area contributed by atoms with E-state index in [4.69, 9.17) is 4.74 Å². The Morgan fingerprint density at radius 1 is 1.20 bits per heavy atom. The monoisotopic (exact) mass is 216 g/mol. The zero-order valence-corrected chi connectivity index (χ0v) is 8.27. The largest absolute Gasteiger partial charge is 0.496 e. The summed E-state index contributed by atoms with van der Waals surface area (Å²) >= 11 is 0. The van der Waals surface area contributed by atoms with Crippen LogP contribution in [0, 0.1) is 0 Å². The normalized spacial score (nSPS) is 18.7. The van der Waals surface area contributed by atoms with E-state index >= 15 is 0 Å². The second kappa shape index (κ2) is 3.15. The zero-order valence-electron chi connectivity index (χ0n) is 8.27. The molecule has 1 aliphatic rings. The van der Waals surface area contributed by atoms with Gasteiger partial charge in [0, 0.05) is 5.56 Å². The second-order valence-corrected chi connectivity index (χ2v) is 3.78. The first kappa shape index (κ1) is 10.3. The molecule has 1 aromatic carbocycles. The third-order valence-corrected chi connectivity index (χ3v) is 2.92. The fraction of sp³-hybridized carbons (Fsp3) is 0.455. The van der Waals surface area contributed by atoms with Crippen molar-refractivity contribution in [1.29, 1.82) is 0 Å². The maximum Gasteiger partial charge on any atom is 0.398 e. The van der Waals surface area contributed by atoms with Gasteiger partial charge in [-0.25, -0.2) is 0 Å². The van der Waals surface area contributed by atoms with Crippen LogP contribution in [-0.4, -0.2) is 13.3 Å². The third-order valence-electron chi connectivity index (χ3n) is 2.92. The summed E-state index contributed by atoms with van der Waals surface area (Å²) in [5, 5.41) is 0. The summed E-state index contributed by atoms with van der Waals surface area (Å²) < 4.78 is 43.5. The SMILES string of the molecule is COc1ccccc1C1(C(F)(F)F)CC1. The van der Waals surface area contributed by atoms with Crippen LogP contribution in [-0.2, 0) is 5.41 Å². The van der Waals surface area contributed by atoms with Gasteiger partial charge < -0.3 is 4.74 Å². The molecule has 82 valence electrons. The zero-order chi connectivity index (χ0) is 11.1. The number of hydrogen-bond acceptors (Lipinski definition) is 1. The van der Waals surface area contributed by atoms with Gasteiger partial charge >= 0.3 is 6.18 Å². The Labute approximate surface area is 85.9 Å². The maximum absolute atomic E-state index is 12.8. The number of halogens is 3. The molecule has 1 aromatic rings. The minimum Gasteiger partial charge on any atom is -0.496 e. The fourth-order valence-electron chi connectivity index (χ4n) is 1.87. The molecule has 0 bridgehead atoms. The van der Waals surface area contributed by atoms with Gasteiger partial charge in [0.05, 0.1) is 12.5 Å². The third kappa shape index (κ3) is 1.48. The molecule has 4 heteroatoms. The van der Waals surface area contributed by atoms with Crippen LogP contribution in [0.1, 0.15) is 18.4 Å². The summed E-state index contributed by atoms with van der Waals surface area (Å²) in [5.74, 6) is 0.326. The van der Waals surface area contributed by atoms with Gasteiger partial charge in [-0.2, -0.15) is 13.2 Å². The molecule has 1 aliphatic carbocycles. The highest BCUT2D eigenvalue weighted by atomic mass is 19.4. The molecule has 0 aliphatic heterocycles. The van der Waals surface area contributed by atoms with E-state index in [-0.39, 0.29) is 18.4 Å². The molecule has 0 aromatic heterocycles. The summed E-state index contributed by atoms with van der Waals surface area (Å²) in [6.07, 6.45) is -3.85. The Bertz CT molecular complexity index is 366. The minimum atomic E-state index is -4.18. The molecule has 1 nitrogen and oxygen atoms in total. The van der Waals surface area contributed by atoms with E-state index in [2.05, 4.69) is 0 Å². The van der Waals surface area contributed by atoms with Crippen LogP contribution in [0.5, 0.6) is 5.75 Å². The number of alkyl halides is 3. The molecule has 0 radical (unpaired) electrons. The number of para-hydroxylation sites is 1. The molecule has 2 rings (SSSR count). The standard InChI is InChI=1S/C11H11F3O/c1-15-9-5-3-2-4-8(9)10(6-7-10)11(12,13)14/h2-5H,6-7H2,1H3. The number of ether oxygens (including phenoxy) is 1. The summed E-state index contributed by atoms with van der Waals surface area (Å²) in [6.45, 7) is 0. The summed E-state index contributed by atoms with van der Waals surface area (Å²) in [6, 6.07) is 6.36. The van der Waals surface area contributed by atoms with Crippen molar-refractivity contribution in [1.82, 2.24) is 0 Å². The van der Waals surface area contributed by atoms with Crippen LogP contribution in [0.3, 0.4) is 0 Å². The lowest BCUT2D eigenvalue weighted by Crippen LogP contribution is -2.29. The molecule has 0 unspecified atom stereocenters. The molecular formula is C11H11F3O. The Morgan fingerprint density at radius 2 is 1.80 bits per heavy atom. The lowest BCUT2D eigenvalue weighted by atomic mass is 9.94. The van der Waals surface area contributed by atoms with Crippen molar-refractivity contribution < 1.29 is 17.9 Å². The Hall–Kier alpha value is -1.19. The average molecular weight is 216 g/mol. The molecule has 0 saturated heterocycles. The summed E-state index contributed by atoms with van der Waals surface area (Å²) in [7, 11) is 1.39. The molecule has 0 atom stereocenters. The van der Waals surface area contributed by atoms with Gasteiger partial charge in [-0.3, -0.25) is 0 Å². The van der Waals surface area contributed by atoms with Gasteiger partial charge in [0.1, 0.15) is 5.75 Å². The van der Waals surface area contributed by atoms with E-state index in [0.29, 0.717) is 5.75 Å². The quantitative estimate of drug-likeness (QED) is 0.737. The molecule has 15 heavy (non-hydrogen) atoms. The predicted octanol–water partition coefficient (Wildman–Crippen LogP) is 3.29. The van der Waals surface area contributed by atoms with Gasteiger partial charge in [-0.05, 0) is 18.9 Å². The highest BCUT2D eigenvalue weighted by Crippen LogP contribution is 2.60. The van der Waals surface area contributed by atoms with Crippen molar-refractivity contribution in [2.45, 2.75) is 24.4 Å². The predicted molar refractivity (Wildman–Crippen MR) is 50.0 cm³/mol. The summed E-state index contributed by atoms with van der Waals surface area (Å²) in [4.78, 5) is 0. The Balaban J connectivity index is 2.46. The van der Waals surface area contributed by atoms with E-state index in [1.54, 1.807) is 18.2 Å². The minimum absolute atomic E-state index is 0.164. The first-order valence-electron chi connectivity index (χ1n) is 4.71.